The molecule has 0 atom stereocenters. The fourth-order valence-corrected chi connectivity index (χ4v) is 5.15. The summed E-state index contributed by atoms with van der Waals surface area (Å²) in [6, 6.07) is 15.3. The summed E-state index contributed by atoms with van der Waals surface area (Å²) >= 11 is 1.86. The molecule has 0 unspecified atom stereocenters. The summed E-state index contributed by atoms with van der Waals surface area (Å²) in [6.07, 6.45) is 12.9. The number of hydrogen-bond donors (Lipinski definition) is 0. The van der Waals surface area contributed by atoms with Gasteiger partial charge in [0.15, 0.2) is 0 Å². The fraction of sp³-hybridized carbons (Fsp3) is 0.200. The molecule has 1 aromatic heterocycles. The molecule has 1 aliphatic carbocycles. The molecule has 136 valence electrons. The van der Waals surface area contributed by atoms with Crippen molar-refractivity contribution in [1.29, 1.82) is 0 Å². The molecule has 0 fully saturated rings. The van der Waals surface area contributed by atoms with Crippen LogP contribution in [0.15, 0.2) is 78.7 Å². The minimum Gasteiger partial charge on any atom is -0.313 e. The topological polar surface area (TPSA) is 4.93 Å². The molecular weight excluding hydrogens is 346 g/mol. The van der Waals surface area contributed by atoms with Crippen LogP contribution < -0.4 is 0 Å². The minimum absolute atomic E-state index is 1.11. The Balaban J connectivity index is 2.09. The summed E-state index contributed by atoms with van der Waals surface area (Å²) in [6.45, 7) is 7.95. The van der Waals surface area contributed by atoms with Crippen molar-refractivity contribution in [3.05, 3.63) is 85.1 Å². The number of benzene rings is 2. The minimum atomic E-state index is 1.11. The van der Waals surface area contributed by atoms with Crippen LogP contribution in [0.5, 0.6) is 0 Å². The smallest absolute Gasteiger partial charge is 0.0546 e. The third kappa shape index (κ3) is 2.98. The van der Waals surface area contributed by atoms with E-state index < -0.39 is 0 Å². The molecule has 0 saturated carbocycles. The van der Waals surface area contributed by atoms with Gasteiger partial charge >= 0.3 is 0 Å². The molecule has 0 bridgehead atoms. The molecule has 0 saturated heterocycles. The van der Waals surface area contributed by atoms with E-state index in [1.807, 2.05) is 23.9 Å². The second kappa shape index (κ2) is 7.66. The summed E-state index contributed by atoms with van der Waals surface area (Å²) in [5.74, 6) is 0. The molecule has 4 rings (SSSR count). The van der Waals surface area contributed by atoms with E-state index in [0.29, 0.717) is 0 Å². The quantitative estimate of drug-likeness (QED) is 0.341. The van der Waals surface area contributed by atoms with Crippen LogP contribution in [0.3, 0.4) is 0 Å². The van der Waals surface area contributed by atoms with E-state index in [-0.39, 0.29) is 0 Å². The lowest BCUT2D eigenvalue weighted by Crippen LogP contribution is -2.07. The Labute approximate surface area is 166 Å². The van der Waals surface area contributed by atoms with Crippen molar-refractivity contribution in [2.45, 2.75) is 30.6 Å². The molecule has 0 N–H and O–H groups in total. The number of allylic oxidation sites excluding steroid dienone is 4. The molecule has 0 aliphatic heterocycles. The van der Waals surface area contributed by atoms with Crippen molar-refractivity contribution >= 4 is 28.4 Å². The van der Waals surface area contributed by atoms with Gasteiger partial charge in [0.25, 0.3) is 0 Å². The summed E-state index contributed by atoms with van der Waals surface area (Å²) in [7, 11) is 0. The van der Waals surface area contributed by atoms with Crippen LogP contribution in [0, 0.1) is 0 Å². The highest BCUT2D eigenvalue weighted by Gasteiger charge is 2.24. The Kier molecular flexibility index (Phi) is 5.09. The van der Waals surface area contributed by atoms with Gasteiger partial charge in [0.05, 0.1) is 5.52 Å². The van der Waals surface area contributed by atoms with Crippen molar-refractivity contribution in [3.63, 3.8) is 0 Å². The molecule has 0 spiro atoms. The van der Waals surface area contributed by atoms with Crippen LogP contribution in [0.4, 0.5) is 0 Å². The first-order valence-corrected chi connectivity index (χ1v) is 10.8. The van der Waals surface area contributed by atoms with Crippen molar-refractivity contribution < 1.29 is 0 Å². The number of thioether (sulfide) groups is 1. The molecule has 2 heteroatoms. The molecule has 1 aliphatic rings. The van der Waals surface area contributed by atoms with Crippen LogP contribution in [0.25, 0.3) is 27.7 Å². The van der Waals surface area contributed by atoms with E-state index in [4.69, 9.17) is 0 Å². The third-order valence-electron chi connectivity index (χ3n) is 5.43. The standard InChI is InChI=1S/C25H25NS/c1-4-11-19(5-2)26-22-15-10-9-14-21(22)24-23(26)17-16-20(25(24)27-3)18-12-7-6-8-13-18/h4-8,11-13,16-17H,1-2,9-10,14-15H2,3H3/b19-11+. The maximum atomic E-state index is 4.06. The van der Waals surface area contributed by atoms with Gasteiger partial charge in [-0.25, -0.2) is 0 Å². The van der Waals surface area contributed by atoms with Crippen molar-refractivity contribution in [2.75, 3.05) is 6.26 Å². The highest BCUT2D eigenvalue weighted by atomic mass is 32.2. The Bertz CT molecular complexity index is 1040. The number of hydrogen-bond acceptors (Lipinski definition) is 1. The predicted molar refractivity (Wildman–Crippen MR) is 120 cm³/mol. The van der Waals surface area contributed by atoms with Gasteiger partial charge in [-0.3, -0.25) is 0 Å². The van der Waals surface area contributed by atoms with Crippen molar-refractivity contribution in [3.8, 4) is 11.1 Å². The van der Waals surface area contributed by atoms with Gasteiger partial charge in [0.1, 0.15) is 0 Å². The largest absolute Gasteiger partial charge is 0.313 e. The second-order valence-corrected chi connectivity index (χ2v) is 7.72. The van der Waals surface area contributed by atoms with Crippen molar-refractivity contribution in [1.82, 2.24) is 4.57 Å². The van der Waals surface area contributed by atoms with E-state index in [2.05, 4.69) is 72.5 Å². The van der Waals surface area contributed by atoms with E-state index in [0.717, 1.165) is 18.5 Å². The highest BCUT2D eigenvalue weighted by molar-refractivity contribution is 7.99. The average Bonchev–Trinajstić information content (AvgIpc) is 3.06. The second-order valence-electron chi connectivity index (χ2n) is 6.91. The average molecular weight is 372 g/mol. The maximum Gasteiger partial charge on any atom is 0.0546 e. The molecule has 0 radical (unpaired) electrons. The third-order valence-corrected chi connectivity index (χ3v) is 6.26. The molecule has 27 heavy (non-hydrogen) atoms. The molecular formula is C25H25NS. The highest BCUT2D eigenvalue weighted by Crippen LogP contribution is 2.43. The lowest BCUT2D eigenvalue weighted by atomic mass is 9.94. The fourth-order valence-electron chi connectivity index (χ4n) is 4.31. The zero-order chi connectivity index (χ0) is 18.8. The van der Waals surface area contributed by atoms with Gasteiger partial charge in [-0.05, 0) is 66.8 Å². The zero-order valence-electron chi connectivity index (χ0n) is 15.9. The number of aromatic nitrogens is 1. The Morgan fingerprint density at radius 2 is 1.81 bits per heavy atom. The summed E-state index contributed by atoms with van der Waals surface area (Å²) in [4.78, 5) is 1.39. The molecule has 0 amide bonds. The normalized spacial score (nSPS) is 14.2. The molecule has 2 aromatic carbocycles. The van der Waals surface area contributed by atoms with Gasteiger partial charge in [0.2, 0.25) is 0 Å². The first-order chi connectivity index (χ1) is 13.3. The van der Waals surface area contributed by atoms with E-state index >= 15 is 0 Å². The number of rotatable bonds is 5. The van der Waals surface area contributed by atoms with Crippen LogP contribution >= 0.6 is 11.8 Å². The number of aryl methyl sites for hydroxylation is 1. The van der Waals surface area contributed by atoms with Gasteiger partial charge in [0, 0.05) is 21.7 Å². The monoisotopic (exact) mass is 371 g/mol. The lowest BCUT2D eigenvalue weighted by molar-refractivity contribution is 0.669. The first kappa shape index (κ1) is 17.9. The molecule has 3 aromatic rings. The van der Waals surface area contributed by atoms with E-state index in [9.17, 15) is 0 Å². The summed E-state index contributed by atoms with van der Waals surface area (Å²) in [5, 5.41) is 1.43. The lowest BCUT2D eigenvalue weighted by Gasteiger charge is -2.16. The van der Waals surface area contributed by atoms with Crippen LogP contribution in [0.1, 0.15) is 24.1 Å². The van der Waals surface area contributed by atoms with Crippen LogP contribution in [-0.2, 0) is 12.8 Å². The zero-order valence-corrected chi connectivity index (χ0v) is 16.7. The Hall–Kier alpha value is -2.45. The van der Waals surface area contributed by atoms with Crippen LogP contribution in [0.2, 0.25) is 0 Å². The number of fused-ring (bicyclic) bond motifs is 3. The summed E-state index contributed by atoms with van der Waals surface area (Å²) < 4.78 is 2.41. The van der Waals surface area contributed by atoms with Crippen molar-refractivity contribution in [2.24, 2.45) is 0 Å². The predicted octanol–water partition coefficient (Wildman–Crippen LogP) is 7.12. The molecule has 1 nitrogen and oxygen atoms in total. The van der Waals surface area contributed by atoms with E-state index in [1.54, 1.807) is 0 Å². The van der Waals surface area contributed by atoms with E-state index in [1.165, 1.54) is 51.0 Å². The maximum absolute atomic E-state index is 4.06. The van der Waals surface area contributed by atoms with Gasteiger partial charge in [-0.15, -0.1) is 11.8 Å². The first-order valence-electron chi connectivity index (χ1n) is 9.54. The summed E-state index contributed by atoms with van der Waals surface area (Å²) in [5.41, 5.74) is 7.98. The van der Waals surface area contributed by atoms with Gasteiger partial charge < -0.3 is 4.57 Å². The Morgan fingerprint density at radius 3 is 2.52 bits per heavy atom. The SMILES string of the molecule is C=C/C=C(\C=C)n1c2c(c3c(SC)c(-c4ccccc4)ccc31)CCCC2. The molecule has 1 heterocycles. The van der Waals surface area contributed by atoms with Gasteiger partial charge in [-0.1, -0.05) is 55.6 Å². The van der Waals surface area contributed by atoms with Crippen LogP contribution in [-0.4, -0.2) is 10.8 Å². The Morgan fingerprint density at radius 1 is 1.04 bits per heavy atom. The van der Waals surface area contributed by atoms with Gasteiger partial charge in [-0.2, -0.15) is 0 Å². The number of nitrogens with zero attached hydrogens (tertiary/aromatic N) is 1.